The van der Waals surface area contributed by atoms with Crippen LogP contribution in [-0.4, -0.2) is 128 Å². The van der Waals surface area contributed by atoms with Crippen molar-refractivity contribution in [1.29, 1.82) is 0 Å². The molecule has 0 saturated carbocycles. The molecule has 2 aromatic rings. The van der Waals surface area contributed by atoms with Crippen LogP contribution in [0.25, 0.3) is 5.65 Å². The molecule has 0 aliphatic carbocycles. The average Bonchev–Trinajstić information content (AvgIpc) is 3.46. The number of nitrogens with two attached hydrogens (primary N) is 1. The zero-order valence-corrected chi connectivity index (χ0v) is 23.8. The number of aliphatic hydroxyl groups is 6. The van der Waals surface area contributed by atoms with Gasteiger partial charge in [0, 0.05) is 0 Å². The number of fused-ring (bicyclic) bond motifs is 1. The number of nitrogen functional groups attached to an aromatic ring is 1. The van der Waals surface area contributed by atoms with Gasteiger partial charge in [-0.05, 0) is 11.8 Å². The van der Waals surface area contributed by atoms with Crippen LogP contribution in [0.4, 0.5) is 14.7 Å². The first kappa shape index (κ1) is 34.0. The average molecular weight is 679 g/mol. The molecule has 0 radical (unpaired) electrons. The summed E-state index contributed by atoms with van der Waals surface area (Å²) in [5.74, 6) is -1.82. The quantitative estimate of drug-likeness (QED) is 0.0876. The van der Waals surface area contributed by atoms with Crippen molar-refractivity contribution in [2.24, 2.45) is 0 Å². The number of halogens is 2. The summed E-state index contributed by atoms with van der Waals surface area (Å²) in [6.45, 7) is -7.85. The topological polar surface area (TPSA) is 294 Å². The lowest BCUT2D eigenvalue weighted by molar-refractivity contribution is -0.287. The van der Waals surface area contributed by atoms with Crippen molar-refractivity contribution in [2.45, 2.75) is 60.5 Å². The second kappa shape index (κ2) is 12.1. The van der Waals surface area contributed by atoms with Gasteiger partial charge in [-0.1, -0.05) is 5.92 Å². The van der Waals surface area contributed by atoms with Gasteiger partial charge < -0.3 is 60.2 Å². The molecular formula is C19H25F2N5O14P2S. The molecule has 19 nitrogen and oxygen atoms in total. The van der Waals surface area contributed by atoms with E-state index in [2.05, 4.69) is 35.7 Å². The van der Waals surface area contributed by atoms with Crippen LogP contribution in [0.2, 0.25) is 0 Å². The second-order valence-electron chi connectivity index (χ2n) is 9.26. The molecule has 7 unspecified atom stereocenters. The molecular weight excluding hydrogens is 654 g/mol. The number of nitrogens with zero attached hydrogens (tertiary/aromatic N) is 4. The number of hydrogen-bond acceptors (Lipinski definition) is 17. The Hall–Kier alpha value is -1.87. The number of rotatable bonds is 10. The van der Waals surface area contributed by atoms with Crippen molar-refractivity contribution in [3.63, 3.8) is 0 Å². The lowest BCUT2D eigenvalue weighted by Crippen LogP contribution is -2.60. The van der Waals surface area contributed by atoms with E-state index < -0.39 is 88.3 Å². The Labute approximate surface area is 244 Å². The second-order valence-corrected chi connectivity index (χ2v) is 13.6. The van der Waals surface area contributed by atoms with Crippen molar-refractivity contribution in [3.05, 3.63) is 18.1 Å². The predicted octanol–water partition coefficient (Wildman–Crippen LogP) is -3.33. The van der Waals surface area contributed by atoms with E-state index in [9.17, 15) is 44.3 Å². The van der Waals surface area contributed by atoms with Crippen LogP contribution in [0.3, 0.4) is 0 Å². The van der Waals surface area contributed by atoms with E-state index in [0.29, 0.717) is 0 Å². The smallest absolute Gasteiger partial charge is 0.393 e. The van der Waals surface area contributed by atoms with Gasteiger partial charge in [-0.15, -0.1) is 6.42 Å². The van der Waals surface area contributed by atoms with Crippen LogP contribution in [-0.2, 0) is 39.2 Å². The lowest BCUT2D eigenvalue weighted by atomic mass is 9.88. The van der Waals surface area contributed by atoms with Crippen LogP contribution in [0.15, 0.2) is 12.5 Å². The molecule has 2 fully saturated rings. The minimum Gasteiger partial charge on any atom is -0.393 e. The van der Waals surface area contributed by atoms with Crippen LogP contribution >= 0.6 is 14.5 Å². The first-order valence-electron chi connectivity index (χ1n) is 11.7. The summed E-state index contributed by atoms with van der Waals surface area (Å²) in [4.78, 5) is 28.0. The number of aromatic nitrogens is 4. The third-order valence-electron chi connectivity index (χ3n) is 6.42. The number of ether oxygens (including phenoxy) is 2. The molecule has 4 rings (SSSR count). The molecule has 2 aromatic heterocycles. The van der Waals surface area contributed by atoms with Gasteiger partial charge >= 0.3 is 14.5 Å². The lowest BCUT2D eigenvalue weighted by Gasteiger charge is -2.41. The highest BCUT2D eigenvalue weighted by molar-refractivity contribution is 8.08. The summed E-state index contributed by atoms with van der Waals surface area (Å²) >= 11 is 4.58. The largest absolute Gasteiger partial charge is 0.481 e. The number of hydrogen-bond donors (Lipinski definition) is 9. The summed E-state index contributed by atoms with van der Waals surface area (Å²) in [6.07, 6.45) is -10.4. The van der Waals surface area contributed by atoms with Crippen LogP contribution in [0, 0.1) is 12.3 Å². The molecule has 0 bridgehead atoms. The highest BCUT2D eigenvalue weighted by Gasteiger charge is 2.65. The van der Waals surface area contributed by atoms with Gasteiger partial charge in [-0.25, -0.2) is 27.6 Å². The van der Waals surface area contributed by atoms with Crippen molar-refractivity contribution in [2.75, 3.05) is 18.9 Å². The Balaban J connectivity index is 1.48. The van der Waals surface area contributed by atoms with E-state index in [1.807, 2.05) is 5.92 Å². The number of phosphoric ester groups is 1. The van der Waals surface area contributed by atoms with Crippen molar-refractivity contribution >= 4 is 37.9 Å². The normalized spacial score (nSPS) is 38.3. The molecule has 0 aromatic carbocycles. The Kier molecular flexibility index (Phi) is 9.61. The first-order chi connectivity index (χ1) is 19.9. The molecule has 2 aliphatic rings. The van der Waals surface area contributed by atoms with E-state index in [0.717, 1.165) is 17.0 Å². The van der Waals surface area contributed by atoms with E-state index in [1.165, 1.54) is 0 Å². The number of anilines is 1. The molecule has 43 heavy (non-hydrogen) atoms. The highest BCUT2D eigenvalue weighted by atomic mass is 32.5. The van der Waals surface area contributed by atoms with Crippen molar-refractivity contribution < 1.29 is 76.6 Å². The van der Waals surface area contributed by atoms with Gasteiger partial charge in [0.25, 0.3) is 5.85 Å². The van der Waals surface area contributed by atoms with Crippen molar-refractivity contribution in [3.8, 4) is 12.3 Å². The maximum atomic E-state index is 15.9. The third-order valence-corrected chi connectivity index (χ3v) is 9.91. The summed E-state index contributed by atoms with van der Waals surface area (Å²) < 4.78 is 66.9. The van der Waals surface area contributed by atoms with Gasteiger partial charge in [0.2, 0.25) is 5.95 Å². The van der Waals surface area contributed by atoms with Crippen LogP contribution in [0.5, 0.6) is 0 Å². The van der Waals surface area contributed by atoms with Gasteiger partial charge in [-0.2, -0.15) is 9.61 Å². The van der Waals surface area contributed by atoms with Gasteiger partial charge in [0.05, 0.1) is 18.4 Å². The van der Waals surface area contributed by atoms with E-state index in [-0.39, 0.29) is 17.2 Å². The fraction of sp³-hybridized carbons (Fsp3) is 0.632. The van der Waals surface area contributed by atoms with Gasteiger partial charge in [0.15, 0.2) is 29.8 Å². The predicted molar refractivity (Wildman–Crippen MR) is 136 cm³/mol. The Morgan fingerprint density at radius 1 is 1.26 bits per heavy atom. The molecule has 2 aliphatic heterocycles. The SMILES string of the molecule is C#C[C@]1(O)[C@H](c2cnn3c(N)ncnc23)O[C@](F)(COP(O)(=S)OP(=O)(O)OC2OC([C@@H](F)CO)C(O)C(O)C2O)[C@H]1O. The molecule has 24 heteroatoms. The fourth-order valence-corrected chi connectivity index (χ4v) is 7.34. The molecule has 4 heterocycles. The monoisotopic (exact) mass is 679 g/mol. The summed E-state index contributed by atoms with van der Waals surface area (Å²) in [5.41, 5.74) is 2.62. The number of aliphatic hydroxyl groups excluding tert-OH is 5. The fourth-order valence-electron chi connectivity index (χ4n) is 4.26. The highest BCUT2D eigenvalue weighted by Crippen LogP contribution is 2.62. The number of alkyl halides is 2. The van der Waals surface area contributed by atoms with Crippen LogP contribution < -0.4 is 5.73 Å². The zero-order chi connectivity index (χ0) is 32.1. The summed E-state index contributed by atoms with van der Waals surface area (Å²) in [5, 5.41) is 64.1. The molecule has 0 spiro atoms. The molecule has 2 saturated heterocycles. The Morgan fingerprint density at radius 3 is 2.56 bits per heavy atom. The maximum absolute atomic E-state index is 15.9. The first-order valence-corrected chi connectivity index (χ1v) is 15.8. The van der Waals surface area contributed by atoms with E-state index in [4.69, 9.17) is 31.3 Å². The number of phosphoric acid groups is 1. The van der Waals surface area contributed by atoms with E-state index >= 15 is 4.39 Å². The van der Waals surface area contributed by atoms with E-state index in [1.54, 1.807) is 0 Å². The van der Waals surface area contributed by atoms with Gasteiger partial charge in [-0.3, -0.25) is 4.52 Å². The third kappa shape index (κ3) is 6.45. The Bertz CT molecular complexity index is 1490. The molecule has 0 amide bonds. The van der Waals surface area contributed by atoms with Crippen LogP contribution in [0.1, 0.15) is 11.7 Å². The van der Waals surface area contributed by atoms with Gasteiger partial charge in [0.1, 0.15) is 43.5 Å². The minimum absolute atomic E-state index is 0.0948. The Morgan fingerprint density at radius 2 is 1.93 bits per heavy atom. The zero-order valence-electron chi connectivity index (χ0n) is 21.2. The summed E-state index contributed by atoms with van der Waals surface area (Å²) in [7, 11) is -5.68. The molecule has 240 valence electrons. The maximum Gasteiger partial charge on any atom is 0.481 e. The number of terminal acetylenes is 1. The standard InChI is InChI=1S/C19H25F2N5O14P2S/c1-2-18(32)13(7-3-25-26-14(7)23-6-24-17(26)22)38-19(21,16(18)31)5-36-42(35,43)40-41(33,34)39-15-11(30)9(28)10(29)12(37-15)8(20)4-27/h1,3,6,8-13,15-16,27-32H,4-5H2,(H,33,34)(H,35,43)(H2,22,23,24)/t8-,9?,10?,11?,12?,13-,15?,16-,18-,19+,42?/m0/s1. The molecule has 10 N–H and O–H groups in total. The van der Waals surface area contributed by atoms with Crippen molar-refractivity contribution in [1.82, 2.24) is 19.6 Å². The minimum atomic E-state index is -5.68. The summed E-state index contributed by atoms with van der Waals surface area (Å²) in [6, 6.07) is 0. The molecule has 12 atom stereocenters.